The standard InChI is InChI=1S/C14H12O2.C13H10O2/c1-16-14-9-11(10-15)7-8-13(14)12-5-3-2-4-6-12;14-9-10-6-7-12(13(15)8-10)11-4-2-1-3-5-11/h2-10H,1H3;1-9,15H. The molecule has 1 N–H and O–H groups in total. The third-order valence-electron chi connectivity index (χ3n) is 4.69. The van der Waals surface area contributed by atoms with Crippen molar-refractivity contribution in [3.05, 3.63) is 108 Å². The first-order chi connectivity index (χ1) is 15.2. The number of rotatable bonds is 5. The molecule has 0 heterocycles. The summed E-state index contributed by atoms with van der Waals surface area (Å²) in [6.07, 6.45) is 1.53. The molecule has 31 heavy (non-hydrogen) atoms. The van der Waals surface area contributed by atoms with Gasteiger partial charge in [-0.1, -0.05) is 72.8 Å². The van der Waals surface area contributed by atoms with E-state index in [2.05, 4.69) is 0 Å². The monoisotopic (exact) mass is 410 g/mol. The van der Waals surface area contributed by atoms with Crippen molar-refractivity contribution in [1.29, 1.82) is 0 Å². The number of aldehydes is 2. The fraction of sp³-hybridized carbons (Fsp3) is 0.0370. The average molecular weight is 410 g/mol. The van der Waals surface area contributed by atoms with Crippen LogP contribution < -0.4 is 4.74 Å². The summed E-state index contributed by atoms with van der Waals surface area (Å²) < 4.78 is 5.28. The van der Waals surface area contributed by atoms with Crippen molar-refractivity contribution in [3.63, 3.8) is 0 Å². The minimum atomic E-state index is 0.130. The van der Waals surface area contributed by atoms with Gasteiger partial charge in [-0.2, -0.15) is 0 Å². The zero-order valence-electron chi connectivity index (χ0n) is 17.1. The van der Waals surface area contributed by atoms with Crippen LogP contribution in [0.5, 0.6) is 11.5 Å². The molecule has 4 heteroatoms. The van der Waals surface area contributed by atoms with Crippen molar-refractivity contribution in [3.8, 4) is 33.8 Å². The van der Waals surface area contributed by atoms with Crippen LogP contribution in [0.1, 0.15) is 20.7 Å². The van der Waals surface area contributed by atoms with E-state index < -0.39 is 0 Å². The van der Waals surface area contributed by atoms with E-state index in [0.717, 1.165) is 34.3 Å². The smallest absolute Gasteiger partial charge is 0.150 e. The molecule has 4 aromatic carbocycles. The zero-order valence-corrected chi connectivity index (χ0v) is 17.1. The molecule has 0 bridgehead atoms. The second-order valence-corrected chi connectivity index (χ2v) is 6.70. The lowest BCUT2D eigenvalue weighted by molar-refractivity contribution is 0.111. The summed E-state index contributed by atoms with van der Waals surface area (Å²) in [5.41, 5.74) is 4.85. The number of phenols is 1. The van der Waals surface area contributed by atoms with E-state index in [-0.39, 0.29) is 5.75 Å². The van der Waals surface area contributed by atoms with Crippen LogP contribution in [0.25, 0.3) is 22.3 Å². The summed E-state index contributed by atoms with van der Waals surface area (Å²) >= 11 is 0. The highest BCUT2D eigenvalue weighted by Gasteiger charge is 2.06. The van der Waals surface area contributed by atoms with Gasteiger partial charge in [0.1, 0.15) is 24.1 Å². The minimum Gasteiger partial charge on any atom is -0.507 e. The zero-order chi connectivity index (χ0) is 22.1. The normalized spacial score (nSPS) is 9.84. The maximum Gasteiger partial charge on any atom is 0.150 e. The highest BCUT2D eigenvalue weighted by Crippen LogP contribution is 2.30. The lowest BCUT2D eigenvalue weighted by atomic mass is 10.0. The van der Waals surface area contributed by atoms with Crippen molar-refractivity contribution in [1.82, 2.24) is 0 Å². The Labute approximate surface area is 181 Å². The van der Waals surface area contributed by atoms with Crippen molar-refractivity contribution < 1.29 is 19.4 Å². The Balaban J connectivity index is 0.000000176. The van der Waals surface area contributed by atoms with Gasteiger partial charge in [0.15, 0.2) is 0 Å². The largest absolute Gasteiger partial charge is 0.507 e. The third-order valence-corrected chi connectivity index (χ3v) is 4.69. The molecule has 0 unspecified atom stereocenters. The Hall–Kier alpha value is -4.18. The number of phenolic OH excluding ortho intramolecular Hbond substituents is 1. The van der Waals surface area contributed by atoms with Crippen molar-refractivity contribution in [2.45, 2.75) is 0 Å². The van der Waals surface area contributed by atoms with Crippen LogP contribution in [0, 0.1) is 0 Å². The first kappa shape index (κ1) is 21.5. The molecule has 0 spiro atoms. The van der Waals surface area contributed by atoms with Crippen LogP contribution in [0.4, 0.5) is 0 Å². The van der Waals surface area contributed by atoms with Gasteiger partial charge in [0, 0.05) is 22.3 Å². The van der Waals surface area contributed by atoms with Crippen LogP contribution in [0.15, 0.2) is 97.1 Å². The molecule has 4 aromatic rings. The molecular formula is C27H22O4. The van der Waals surface area contributed by atoms with Gasteiger partial charge in [-0.15, -0.1) is 0 Å². The predicted octanol–water partition coefficient (Wildman–Crippen LogP) is 6.05. The van der Waals surface area contributed by atoms with Gasteiger partial charge in [0.25, 0.3) is 0 Å². The van der Waals surface area contributed by atoms with E-state index in [9.17, 15) is 14.7 Å². The van der Waals surface area contributed by atoms with Gasteiger partial charge < -0.3 is 9.84 Å². The summed E-state index contributed by atoms with van der Waals surface area (Å²) in [5, 5.41) is 9.72. The predicted molar refractivity (Wildman–Crippen MR) is 123 cm³/mol. The molecule has 0 aromatic heterocycles. The van der Waals surface area contributed by atoms with E-state index >= 15 is 0 Å². The molecule has 4 rings (SSSR count). The number of benzene rings is 4. The minimum absolute atomic E-state index is 0.130. The van der Waals surface area contributed by atoms with Crippen molar-refractivity contribution in [2.24, 2.45) is 0 Å². The SMILES string of the molecule is COc1cc(C=O)ccc1-c1ccccc1.O=Cc1ccc(-c2ccccc2)c(O)c1. The summed E-state index contributed by atoms with van der Waals surface area (Å²) in [7, 11) is 1.61. The highest BCUT2D eigenvalue weighted by atomic mass is 16.5. The van der Waals surface area contributed by atoms with Gasteiger partial charge in [-0.25, -0.2) is 0 Å². The Morgan fingerprint density at radius 2 is 1.13 bits per heavy atom. The van der Waals surface area contributed by atoms with Gasteiger partial charge in [-0.3, -0.25) is 9.59 Å². The van der Waals surface area contributed by atoms with E-state index in [1.165, 1.54) is 6.07 Å². The molecular weight excluding hydrogens is 388 g/mol. The number of ether oxygens (including phenoxy) is 1. The van der Waals surface area contributed by atoms with E-state index in [1.807, 2.05) is 66.7 Å². The van der Waals surface area contributed by atoms with Crippen LogP contribution in [0.2, 0.25) is 0 Å². The molecule has 4 nitrogen and oxygen atoms in total. The summed E-state index contributed by atoms with van der Waals surface area (Å²) in [5.74, 6) is 0.849. The Morgan fingerprint density at radius 1 is 0.645 bits per heavy atom. The molecule has 0 radical (unpaired) electrons. The Morgan fingerprint density at radius 3 is 1.61 bits per heavy atom. The summed E-state index contributed by atoms with van der Waals surface area (Å²) in [6.45, 7) is 0. The molecule has 154 valence electrons. The fourth-order valence-electron chi connectivity index (χ4n) is 3.12. The Bertz CT molecular complexity index is 1150. The van der Waals surface area contributed by atoms with Crippen LogP contribution in [0.3, 0.4) is 0 Å². The van der Waals surface area contributed by atoms with Crippen molar-refractivity contribution in [2.75, 3.05) is 7.11 Å². The van der Waals surface area contributed by atoms with Gasteiger partial charge in [0.2, 0.25) is 0 Å². The first-order valence-corrected chi connectivity index (χ1v) is 9.68. The first-order valence-electron chi connectivity index (χ1n) is 9.68. The number of methoxy groups -OCH3 is 1. The molecule has 0 aliphatic heterocycles. The Kier molecular flexibility index (Phi) is 7.33. The summed E-state index contributed by atoms with van der Waals surface area (Å²) in [4.78, 5) is 21.2. The van der Waals surface area contributed by atoms with Gasteiger partial charge >= 0.3 is 0 Å². The molecule has 0 amide bonds. The lowest BCUT2D eigenvalue weighted by Gasteiger charge is -2.08. The van der Waals surface area contributed by atoms with Crippen LogP contribution in [-0.2, 0) is 0 Å². The second kappa shape index (κ2) is 10.6. The molecule has 0 atom stereocenters. The number of hydrogen-bond acceptors (Lipinski definition) is 4. The maximum atomic E-state index is 10.7. The topological polar surface area (TPSA) is 63.6 Å². The summed E-state index contributed by atoms with van der Waals surface area (Å²) in [6, 6.07) is 29.8. The van der Waals surface area contributed by atoms with Gasteiger partial charge in [-0.05, 0) is 35.4 Å². The quantitative estimate of drug-likeness (QED) is 0.407. The van der Waals surface area contributed by atoms with E-state index in [1.54, 1.807) is 31.4 Å². The fourth-order valence-corrected chi connectivity index (χ4v) is 3.12. The van der Waals surface area contributed by atoms with Crippen LogP contribution >= 0.6 is 0 Å². The van der Waals surface area contributed by atoms with Crippen molar-refractivity contribution >= 4 is 12.6 Å². The molecule has 0 saturated carbocycles. The average Bonchev–Trinajstić information content (AvgIpc) is 2.85. The molecule has 0 aliphatic carbocycles. The molecule has 0 fully saturated rings. The maximum absolute atomic E-state index is 10.7. The molecule has 0 aliphatic rings. The number of hydrogen-bond donors (Lipinski definition) is 1. The second-order valence-electron chi connectivity index (χ2n) is 6.70. The highest BCUT2D eigenvalue weighted by molar-refractivity contribution is 5.81. The molecule has 0 saturated heterocycles. The number of carbonyl (C=O) groups excluding carboxylic acids is 2. The van der Waals surface area contributed by atoms with Gasteiger partial charge in [0.05, 0.1) is 7.11 Å². The number of carbonyl (C=O) groups is 2. The lowest BCUT2D eigenvalue weighted by Crippen LogP contribution is -1.90. The number of aromatic hydroxyl groups is 1. The van der Waals surface area contributed by atoms with Crippen LogP contribution in [-0.4, -0.2) is 24.8 Å². The van der Waals surface area contributed by atoms with E-state index in [0.29, 0.717) is 17.4 Å². The van der Waals surface area contributed by atoms with E-state index in [4.69, 9.17) is 4.74 Å². The third kappa shape index (κ3) is 5.46.